The third-order valence-electron chi connectivity index (χ3n) is 1.09. The van der Waals surface area contributed by atoms with E-state index in [-0.39, 0.29) is 7.83 Å². The molecule has 3 heteroatoms. The number of rotatable bonds is 5. The van der Waals surface area contributed by atoms with Crippen molar-refractivity contribution >= 4 is 26.6 Å². The van der Waals surface area contributed by atoms with Crippen molar-refractivity contribution in [1.82, 2.24) is 0 Å². The molecule has 0 aliphatic heterocycles. The van der Waals surface area contributed by atoms with Crippen molar-refractivity contribution in [2.24, 2.45) is 0 Å². The Bertz CT molecular complexity index is 56.3. The molecule has 0 aromatic rings. The zero-order chi connectivity index (χ0) is 7.11. The monoisotopic (exact) mass is 170 g/mol. The molecule has 0 aromatic carbocycles. The van der Waals surface area contributed by atoms with Crippen LogP contribution in [-0.4, -0.2) is 26.6 Å². The zero-order valence-electron chi connectivity index (χ0n) is 6.33. The van der Waals surface area contributed by atoms with E-state index in [0.717, 1.165) is 0 Å². The third-order valence-corrected chi connectivity index (χ3v) is 8.39. The van der Waals surface area contributed by atoms with Gasteiger partial charge >= 0.3 is 0 Å². The van der Waals surface area contributed by atoms with Crippen LogP contribution in [0.15, 0.2) is 0 Å². The molecule has 0 N–H and O–H groups in total. The van der Waals surface area contributed by atoms with E-state index in [1.165, 1.54) is 34.0 Å². The minimum Gasteiger partial charge on any atom is -0.0657 e. The maximum absolute atomic E-state index is 3.80. The van der Waals surface area contributed by atoms with Gasteiger partial charge in [0.2, 0.25) is 0 Å². The van der Waals surface area contributed by atoms with Gasteiger partial charge in [-0.15, -0.1) is 0 Å². The van der Waals surface area contributed by atoms with E-state index < -0.39 is 0 Å². The first-order valence-electron chi connectivity index (χ1n) is 3.62. The van der Waals surface area contributed by atoms with Gasteiger partial charge in [0, 0.05) is 26.6 Å². The first-order chi connectivity index (χ1) is 4.31. The van der Waals surface area contributed by atoms with E-state index >= 15 is 0 Å². The van der Waals surface area contributed by atoms with Gasteiger partial charge in [-0.1, -0.05) is 38.8 Å². The van der Waals surface area contributed by atoms with Gasteiger partial charge in [-0.05, 0) is 0 Å². The van der Waals surface area contributed by atoms with Crippen LogP contribution in [-0.2, 0) is 0 Å². The van der Waals surface area contributed by atoms with Gasteiger partial charge in [0.15, 0.2) is 0 Å². The van der Waals surface area contributed by atoms with Crippen molar-refractivity contribution < 1.29 is 0 Å². The van der Waals surface area contributed by atoms with Crippen molar-refractivity contribution in [2.75, 3.05) is 0 Å². The summed E-state index contributed by atoms with van der Waals surface area (Å²) in [5.74, 6) is 0. The summed E-state index contributed by atoms with van der Waals surface area (Å²) in [5, 5.41) is 0. The molecule has 9 heavy (non-hydrogen) atoms. The van der Waals surface area contributed by atoms with Crippen LogP contribution in [0.4, 0.5) is 0 Å². The van der Waals surface area contributed by atoms with Gasteiger partial charge in [-0.25, -0.2) is 0 Å². The molecule has 0 rings (SSSR count). The van der Waals surface area contributed by atoms with Crippen LogP contribution in [0.25, 0.3) is 0 Å². The summed E-state index contributed by atoms with van der Waals surface area (Å²) in [6.45, 7) is 4.53. The Kier molecular flexibility index (Phi) is 7.26. The van der Waals surface area contributed by atoms with Gasteiger partial charge in [0.1, 0.15) is 0 Å². The molecule has 50 valence electrons. The highest BCUT2D eigenvalue weighted by molar-refractivity contribution is 7.34. The maximum atomic E-state index is 3.80. The van der Waals surface area contributed by atoms with E-state index in [2.05, 4.69) is 23.6 Å². The molecule has 0 heterocycles. The number of hydrogen-bond acceptors (Lipinski definition) is 0. The molecular weight excluding hydrogens is 156 g/mol. The molecule has 0 aliphatic rings. The Hall–Kier alpha value is 0.651. The molecular formula is C6H14Si3. The van der Waals surface area contributed by atoms with E-state index in [4.69, 9.17) is 0 Å². The van der Waals surface area contributed by atoms with E-state index in [1.807, 2.05) is 0 Å². The molecule has 0 spiro atoms. The van der Waals surface area contributed by atoms with Gasteiger partial charge in [0.05, 0.1) is 0 Å². The Morgan fingerprint density at radius 2 is 2.00 bits per heavy atom. The lowest BCUT2D eigenvalue weighted by Crippen LogP contribution is -2.21. The maximum Gasteiger partial charge on any atom is 0.0218 e. The Balaban J connectivity index is 2.95. The van der Waals surface area contributed by atoms with E-state index in [9.17, 15) is 0 Å². The molecule has 0 aliphatic carbocycles. The smallest absolute Gasteiger partial charge is 0.0218 e. The Labute approximate surface area is 65.9 Å². The molecule has 0 fully saturated rings. The van der Waals surface area contributed by atoms with Gasteiger partial charge in [-0.3, -0.25) is 0 Å². The third kappa shape index (κ3) is 6.54. The average Bonchev–Trinajstić information content (AvgIpc) is 1.85. The topological polar surface area (TPSA) is 0 Å². The SMILES string of the molecule is CCC[Si][Si]([Si])CCC. The highest BCUT2D eigenvalue weighted by Crippen LogP contribution is 1.95. The summed E-state index contributed by atoms with van der Waals surface area (Å²) < 4.78 is 0. The number of hydrogen-bond donors (Lipinski definition) is 0. The van der Waals surface area contributed by atoms with Crippen LogP contribution in [0.5, 0.6) is 0 Å². The molecule has 0 bridgehead atoms. The molecule has 6 radical (unpaired) electrons. The van der Waals surface area contributed by atoms with Crippen molar-refractivity contribution in [2.45, 2.75) is 38.8 Å². The first kappa shape index (κ1) is 9.65. The normalized spacial score (nSPS) is 10.7. The predicted molar refractivity (Wildman–Crippen MR) is 47.5 cm³/mol. The fourth-order valence-electron chi connectivity index (χ4n) is 0.614. The predicted octanol–water partition coefficient (Wildman–Crippen LogP) is 1.59. The fraction of sp³-hybridized carbons (Fsp3) is 1.00. The molecule has 0 saturated heterocycles. The second-order valence-electron chi connectivity index (χ2n) is 2.16. The second kappa shape index (κ2) is 6.77. The van der Waals surface area contributed by atoms with E-state index in [0.29, 0.717) is 0 Å². The lowest BCUT2D eigenvalue weighted by atomic mass is 10.6. The van der Waals surface area contributed by atoms with Crippen LogP contribution in [0.3, 0.4) is 0 Å². The lowest BCUT2D eigenvalue weighted by Gasteiger charge is -2.03. The van der Waals surface area contributed by atoms with Crippen molar-refractivity contribution in [3.63, 3.8) is 0 Å². The van der Waals surface area contributed by atoms with Crippen LogP contribution in [0.2, 0.25) is 12.1 Å². The zero-order valence-corrected chi connectivity index (χ0v) is 9.33. The molecule has 0 aromatic heterocycles. The molecule has 0 amide bonds. The summed E-state index contributed by atoms with van der Waals surface area (Å²) in [6.07, 6.45) is 2.72. The standard InChI is InChI=1S/C6H14Si3/c1-3-5-8-9(7)6-4-2/h3-6H2,1-2H3. The highest BCUT2D eigenvalue weighted by Gasteiger charge is 2.00. The molecule has 0 saturated carbocycles. The Morgan fingerprint density at radius 3 is 2.44 bits per heavy atom. The summed E-state index contributed by atoms with van der Waals surface area (Å²) >= 11 is 0. The average molecular weight is 170 g/mol. The van der Waals surface area contributed by atoms with Gasteiger partial charge in [0.25, 0.3) is 0 Å². The molecule has 0 atom stereocenters. The van der Waals surface area contributed by atoms with Gasteiger partial charge in [-0.2, -0.15) is 0 Å². The highest BCUT2D eigenvalue weighted by atomic mass is 29.5. The molecule has 0 nitrogen and oxygen atoms in total. The second-order valence-corrected chi connectivity index (χ2v) is 10.6. The van der Waals surface area contributed by atoms with Gasteiger partial charge < -0.3 is 0 Å². The summed E-state index contributed by atoms with van der Waals surface area (Å²) in [4.78, 5) is 0. The summed E-state index contributed by atoms with van der Waals surface area (Å²) in [7, 11) is 4.96. The van der Waals surface area contributed by atoms with Crippen molar-refractivity contribution in [1.29, 1.82) is 0 Å². The largest absolute Gasteiger partial charge is 0.0657 e. The Morgan fingerprint density at radius 1 is 1.33 bits per heavy atom. The first-order valence-corrected chi connectivity index (χ1v) is 9.04. The summed E-state index contributed by atoms with van der Waals surface area (Å²) in [5.41, 5.74) is 0. The van der Waals surface area contributed by atoms with Crippen LogP contribution >= 0.6 is 0 Å². The van der Waals surface area contributed by atoms with Crippen LogP contribution in [0, 0.1) is 0 Å². The van der Waals surface area contributed by atoms with E-state index in [1.54, 1.807) is 0 Å². The quantitative estimate of drug-likeness (QED) is 0.550. The van der Waals surface area contributed by atoms with Crippen molar-refractivity contribution in [3.05, 3.63) is 0 Å². The minimum absolute atomic E-state index is 0.0698. The van der Waals surface area contributed by atoms with Crippen LogP contribution < -0.4 is 0 Å². The van der Waals surface area contributed by atoms with Crippen molar-refractivity contribution in [3.8, 4) is 0 Å². The minimum atomic E-state index is -0.0698. The summed E-state index contributed by atoms with van der Waals surface area (Å²) in [6, 6.07) is 2.89. The van der Waals surface area contributed by atoms with Crippen LogP contribution in [0.1, 0.15) is 26.7 Å². The molecule has 0 unspecified atom stereocenters. The fourth-order valence-corrected chi connectivity index (χ4v) is 6.65. The lowest BCUT2D eigenvalue weighted by molar-refractivity contribution is 1.07.